The van der Waals surface area contributed by atoms with Crippen molar-refractivity contribution in [3.8, 4) is 0 Å². The number of carboxylic acids is 1. The van der Waals surface area contributed by atoms with Crippen LogP contribution in [0.15, 0.2) is 30.4 Å². The summed E-state index contributed by atoms with van der Waals surface area (Å²) in [5.74, 6) is -1.31. The molecule has 0 bridgehead atoms. The van der Waals surface area contributed by atoms with Crippen molar-refractivity contribution in [2.24, 2.45) is 0 Å². The number of carboxylic acid groups (broad SMARTS) is 1. The molecule has 96 valence electrons. The lowest BCUT2D eigenvalue weighted by molar-refractivity contribution is -0.384. The van der Waals surface area contributed by atoms with Crippen LogP contribution in [-0.2, 0) is 0 Å². The quantitative estimate of drug-likeness (QED) is 0.492. The number of nitrogens with zero attached hydrogens (tertiary/aromatic N) is 2. The molecule has 1 rings (SSSR count). The van der Waals surface area contributed by atoms with Crippen molar-refractivity contribution in [2.75, 3.05) is 18.5 Å². The maximum Gasteiger partial charge on any atom is 0.342 e. The molecule has 6 nitrogen and oxygen atoms in total. The largest absolute Gasteiger partial charge is 0.477 e. The molecule has 0 saturated carbocycles. The van der Waals surface area contributed by atoms with Crippen LogP contribution in [0.4, 0.5) is 11.4 Å². The molecule has 0 aliphatic heterocycles. The molecule has 0 spiro atoms. The van der Waals surface area contributed by atoms with E-state index < -0.39 is 16.6 Å². The number of nitro groups is 1. The second-order valence-electron chi connectivity index (χ2n) is 4.05. The molecule has 1 aromatic rings. The van der Waals surface area contributed by atoms with Gasteiger partial charge in [0.1, 0.15) is 11.3 Å². The highest BCUT2D eigenvalue weighted by Gasteiger charge is 2.25. The van der Waals surface area contributed by atoms with Crippen molar-refractivity contribution >= 4 is 17.3 Å². The van der Waals surface area contributed by atoms with Gasteiger partial charge in [-0.3, -0.25) is 10.1 Å². The fourth-order valence-electron chi connectivity index (χ4n) is 1.69. The third-order valence-electron chi connectivity index (χ3n) is 2.35. The summed E-state index contributed by atoms with van der Waals surface area (Å²) < 4.78 is 0. The van der Waals surface area contributed by atoms with Crippen LogP contribution in [0, 0.1) is 10.1 Å². The average Bonchev–Trinajstić information content (AvgIpc) is 2.26. The molecule has 0 aromatic heterocycles. The van der Waals surface area contributed by atoms with E-state index in [1.54, 1.807) is 18.9 Å². The summed E-state index contributed by atoms with van der Waals surface area (Å²) in [4.78, 5) is 22.9. The summed E-state index contributed by atoms with van der Waals surface area (Å²) in [7, 11) is 1.66. The smallest absolute Gasteiger partial charge is 0.342 e. The van der Waals surface area contributed by atoms with Crippen LogP contribution >= 0.6 is 0 Å². The zero-order valence-corrected chi connectivity index (χ0v) is 10.2. The first-order valence-corrected chi connectivity index (χ1v) is 5.20. The number of carbonyl (C=O) groups is 1. The summed E-state index contributed by atoms with van der Waals surface area (Å²) in [5, 5.41) is 20.0. The van der Waals surface area contributed by atoms with E-state index in [0.29, 0.717) is 6.54 Å². The molecular formula is C12H14N2O4. The highest BCUT2D eigenvalue weighted by molar-refractivity contribution is 5.95. The maximum atomic E-state index is 11.0. The van der Waals surface area contributed by atoms with Crippen molar-refractivity contribution in [1.82, 2.24) is 0 Å². The standard InChI is InChI=1S/C12H14N2O4/c1-8(2)7-13(3)10-6-4-5-9(12(15)16)11(10)14(17)18/h4-6H,1,7H2,2-3H3,(H,15,16). The fraction of sp³-hybridized carbons (Fsp3) is 0.250. The molecule has 0 heterocycles. The van der Waals surface area contributed by atoms with Crippen molar-refractivity contribution in [3.05, 3.63) is 46.0 Å². The Morgan fingerprint density at radius 2 is 2.17 bits per heavy atom. The molecule has 0 aliphatic rings. The third kappa shape index (κ3) is 2.85. The van der Waals surface area contributed by atoms with Gasteiger partial charge in [0.15, 0.2) is 0 Å². The van der Waals surface area contributed by atoms with Crippen LogP contribution in [0.3, 0.4) is 0 Å². The van der Waals surface area contributed by atoms with E-state index in [1.807, 2.05) is 0 Å². The van der Waals surface area contributed by atoms with Crippen molar-refractivity contribution in [3.63, 3.8) is 0 Å². The predicted octanol–water partition coefficient (Wildman–Crippen LogP) is 2.31. The van der Waals surface area contributed by atoms with Gasteiger partial charge in [-0.15, -0.1) is 0 Å². The SMILES string of the molecule is C=C(C)CN(C)c1cccc(C(=O)O)c1[N+](=O)[O-]. The summed E-state index contributed by atoms with van der Waals surface area (Å²) in [6.45, 7) is 5.94. The van der Waals surface area contributed by atoms with Gasteiger partial charge >= 0.3 is 11.7 Å². The molecule has 0 amide bonds. The second-order valence-corrected chi connectivity index (χ2v) is 4.05. The molecule has 0 saturated heterocycles. The molecule has 1 N–H and O–H groups in total. The highest BCUT2D eigenvalue weighted by Crippen LogP contribution is 2.31. The number of likely N-dealkylation sites (N-methyl/N-ethyl adjacent to an activating group) is 1. The van der Waals surface area contributed by atoms with E-state index in [0.717, 1.165) is 5.57 Å². The number of anilines is 1. The molecule has 0 aliphatic carbocycles. The van der Waals surface area contributed by atoms with Crippen LogP contribution in [-0.4, -0.2) is 29.6 Å². The lowest BCUT2D eigenvalue weighted by Gasteiger charge is -2.19. The third-order valence-corrected chi connectivity index (χ3v) is 2.35. The number of hydrogen-bond donors (Lipinski definition) is 1. The predicted molar refractivity (Wildman–Crippen MR) is 68.1 cm³/mol. The maximum absolute atomic E-state index is 11.0. The Bertz CT molecular complexity index is 511. The molecule has 6 heteroatoms. The summed E-state index contributed by atoms with van der Waals surface area (Å²) >= 11 is 0. The number of aromatic carboxylic acids is 1. The Balaban J connectivity index is 3.35. The monoisotopic (exact) mass is 250 g/mol. The topological polar surface area (TPSA) is 83.7 Å². The summed E-state index contributed by atoms with van der Waals surface area (Å²) in [6.07, 6.45) is 0. The Hall–Kier alpha value is -2.37. The van der Waals surface area contributed by atoms with Crippen molar-refractivity contribution < 1.29 is 14.8 Å². The van der Waals surface area contributed by atoms with E-state index in [4.69, 9.17) is 5.11 Å². The average molecular weight is 250 g/mol. The first kappa shape index (κ1) is 13.7. The number of rotatable bonds is 5. The zero-order chi connectivity index (χ0) is 13.9. The first-order chi connectivity index (χ1) is 8.34. The minimum atomic E-state index is -1.31. The second kappa shape index (κ2) is 5.31. The van der Waals surface area contributed by atoms with Crippen LogP contribution in [0.1, 0.15) is 17.3 Å². The van der Waals surface area contributed by atoms with Crippen molar-refractivity contribution in [2.45, 2.75) is 6.92 Å². The molecular weight excluding hydrogens is 236 g/mol. The number of para-hydroxylation sites is 1. The van der Waals surface area contributed by atoms with Crippen LogP contribution in [0.2, 0.25) is 0 Å². The highest BCUT2D eigenvalue weighted by atomic mass is 16.6. The molecule has 0 radical (unpaired) electrons. The van der Waals surface area contributed by atoms with Gasteiger partial charge in [-0.25, -0.2) is 4.79 Å². The lowest BCUT2D eigenvalue weighted by atomic mass is 10.1. The van der Waals surface area contributed by atoms with Crippen molar-refractivity contribution in [1.29, 1.82) is 0 Å². The molecule has 0 atom stereocenters. The van der Waals surface area contributed by atoms with Gasteiger partial charge in [-0.1, -0.05) is 18.2 Å². The van der Waals surface area contributed by atoms with E-state index in [-0.39, 0.29) is 11.3 Å². The Labute approximate surface area is 104 Å². The van der Waals surface area contributed by atoms with Gasteiger partial charge in [0.2, 0.25) is 0 Å². The molecule has 1 aromatic carbocycles. The minimum Gasteiger partial charge on any atom is -0.477 e. The summed E-state index contributed by atoms with van der Waals surface area (Å²) in [5.41, 5.74) is 0.384. The fourth-order valence-corrected chi connectivity index (χ4v) is 1.69. The number of hydrogen-bond acceptors (Lipinski definition) is 4. The van der Waals surface area contributed by atoms with E-state index >= 15 is 0 Å². The van der Waals surface area contributed by atoms with E-state index in [9.17, 15) is 14.9 Å². The molecule has 0 fully saturated rings. The first-order valence-electron chi connectivity index (χ1n) is 5.20. The van der Waals surface area contributed by atoms with E-state index in [1.165, 1.54) is 18.2 Å². The lowest BCUT2D eigenvalue weighted by Crippen LogP contribution is -2.21. The Kier molecular flexibility index (Phi) is 4.04. The summed E-state index contributed by atoms with van der Waals surface area (Å²) in [6, 6.07) is 4.23. The number of nitro benzene ring substituents is 1. The van der Waals surface area contributed by atoms with Gasteiger partial charge in [0, 0.05) is 13.6 Å². The zero-order valence-electron chi connectivity index (χ0n) is 10.2. The Morgan fingerprint density at radius 1 is 1.56 bits per heavy atom. The molecule has 0 unspecified atom stereocenters. The van der Waals surface area contributed by atoms with Gasteiger partial charge in [-0.2, -0.15) is 0 Å². The minimum absolute atomic E-state index is 0.267. The van der Waals surface area contributed by atoms with E-state index in [2.05, 4.69) is 6.58 Å². The number of benzene rings is 1. The molecule has 18 heavy (non-hydrogen) atoms. The van der Waals surface area contributed by atoms with Crippen LogP contribution < -0.4 is 4.90 Å². The normalized spacial score (nSPS) is 9.89. The van der Waals surface area contributed by atoms with Crippen LogP contribution in [0.25, 0.3) is 0 Å². The Morgan fingerprint density at radius 3 is 2.61 bits per heavy atom. The van der Waals surface area contributed by atoms with Gasteiger partial charge in [-0.05, 0) is 19.1 Å². The van der Waals surface area contributed by atoms with Gasteiger partial charge in [0.05, 0.1) is 4.92 Å². The van der Waals surface area contributed by atoms with Crippen LogP contribution in [0.5, 0.6) is 0 Å². The van der Waals surface area contributed by atoms with Gasteiger partial charge < -0.3 is 10.0 Å². The van der Waals surface area contributed by atoms with Gasteiger partial charge in [0.25, 0.3) is 0 Å².